The van der Waals surface area contributed by atoms with Crippen LogP contribution in [0.2, 0.25) is 5.02 Å². The van der Waals surface area contributed by atoms with Crippen LogP contribution in [0.3, 0.4) is 0 Å². The van der Waals surface area contributed by atoms with Gasteiger partial charge in [0.15, 0.2) is 0 Å². The summed E-state index contributed by atoms with van der Waals surface area (Å²) in [6.07, 6.45) is 1.10. The standard InChI is InChI=1S/C23H22ClN3O2/c24-18-10-12-19(13-11-18)26-23(29)16-25-20-7-4-8-21(15-20)27-22(28)14-9-17-5-2-1-3-6-17/h1-8,10-13,15,25H,9,14,16H2,(H,26,29)(H,27,28). The van der Waals surface area contributed by atoms with E-state index in [1.54, 1.807) is 30.3 Å². The van der Waals surface area contributed by atoms with Gasteiger partial charge in [-0.25, -0.2) is 0 Å². The lowest BCUT2D eigenvalue weighted by Crippen LogP contribution is -2.21. The molecule has 3 aromatic rings. The maximum atomic E-state index is 12.2. The van der Waals surface area contributed by atoms with Gasteiger partial charge in [0, 0.05) is 28.5 Å². The van der Waals surface area contributed by atoms with Gasteiger partial charge in [-0.3, -0.25) is 9.59 Å². The van der Waals surface area contributed by atoms with E-state index in [-0.39, 0.29) is 18.4 Å². The third-order valence-corrected chi connectivity index (χ3v) is 4.46. The van der Waals surface area contributed by atoms with Gasteiger partial charge in [-0.2, -0.15) is 0 Å². The molecule has 0 saturated carbocycles. The fraction of sp³-hybridized carbons (Fsp3) is 0.130. The van der Waals surface area contributed by atoms with Crippen LogP contribution >= 0.6 is 11.6 Å². The van der Waals surface area contributed by atoms with Crippen LogP contribution in [0.5, 0.6) is 0 Å². The Morgan fingerprint density at radius 2 is 1.41 bits per heavy atom. The van der Waals surface area contributed by atoms with Crippen molar-refractivity contribution in [2.45, 2.75) is 12.8 Å². The zero-order valence-corrected chi connectivity index (χ0v) is 16.6. The minimum absolute atomic E-state index is 0.0496. The molecule has 0 saturated heterocycles. The topological polar surface area (TPSA) is 70.2 Å². The molecule has 148 valence electrons. The Balaban J connectivity index is 1.46. The van der Waals surface area contributed by atoms with Gasteiger partial charge >= 0.3 is 0 Å². The molecule has 0 heterocycles. The Morgan fingerprint density at radius 1 is 0.724 bits per heavy atom. The summed E-state index contributed by atoms with van der Waals surface area (Å²) < 4.78 is 0. The van der Waals surface area contributed by atoms with Gasteiger partial charge in [0.25, 0.3) is 0 Å². The van der Waals surface area contributed by atoms with Crippen molar-refractivity contribution in [3.63, 3.8) is 0 Å². The maximum absolute atomic E-state index is 12.2. The highest BCUT2D eigenvalue weighted by molar-refractivity contribution is 6.30. The van der Waals surface area contributed by atoms with Gasteiger partial charge in [-0.05, 0) is 54.4 Å². The molecule has 6 heteroatoms. The highest BCUT2D eigenvalue weighted by Gasteiger charge is 2.06. The number of nitrogens with one attached hydrogen (secondary N) is 3. The number of hydrogen-bond donors (Lipinski definition) is 3. The van der Waals surface area contributed by atoms with Crippen molar-refractivity contribution in [3.05, 3.63) is 89.4 Å². The summed E-state index contributed by atoms with van der Waals surface area (Å²) in [6, 6.07) is 24.1. The first-order valence-electron chi connectivity index (χ1n) is 9.31. The molecule has 29 heavy (non-hydrogen) atoms. The molecule has 5 nitrogen and oxygen atoms in total. The van der Waals surface area contributed by atoms with Crippen LogP contribution in [0.4, 0.5) is 17.1 Å². The van der Waals surface area contributed by atoms with E-state index in [1.165, 1.54) is 0 Å². The number of carbonyl (C=O) groups excluding carboxylic acids is 2. The highest BCUT2D eigenvalue weighted by atomic mass is 35.5. The zero-order valence-electron chi connectivity index (χ0n) is 15.8. The van der Waals surface area contributed by atoms with Gasteiger partial charge in [0.1, 0.15) is 0 Å². The van der Waals surface area contributed by atoms with Crippen molar-refractivity contribution in [2.24, 2.45) is 0 Å². The predicted molar refractivity (Wildman–Crippen MR) is 118 cm³/mol. The Hall–Kier alpha value is -3.31. The first-order chi connectivity index (χ1) is 14.1. The second kappa shape index (κ2) is 10.3. The summed E-state index contributed by atoms with van der Waals surface area (Å²) in [6.45, 7) is 0.105. The third-order valence-electron chi connectivity index (χ3n) is 4.21. The molecule has 0 radical (unpaired) electrons. The monoisotopic (exact) mass is 407 g/mol. The van der Waals surface area contributed by atoms with Crippen LogP contribution in [0.1, 0.15) is 12.0 Å². The fourth-order valence-corrected chi connectivity index (χ4v) is 2.88. The molecular weight excluding hydrogens is 386 g/mol. The van der Waals surface area contributed by atoms with E-state index < -0.39 is 0 Å². The summed E-state index contributed by atoms with van der Waals surface area (Å²) in [5, 5.41) is 9.35. The number of hydrogen-bond acceptors (Lipinski definition) is 3. The van der Waals surface area contributed by atoms with Gasteiger partial charge in [0.05, 0.1) is 6.54 Å². The number of anilines is 3. The summed E-state index contributed by atoms with van der Waals surface area (Å²) in [5.74, 6) is -0.226. The molecular formula is C23H22ClN3O2. The number of carbonyl (C=O) groups is 2. The normalized spacial score (nSPS) is 10.2. The maximum Gasteiger partial charge on any atom is 0.243 e. The van der Waals surface area contributed by atoms with Crippen LogP contribution in [-0.4, -0.2) is 18.4 Å². The average molecular weight is 408 g/mol. The predicted octanol–water partition coefficient (Wildman–Crippen LogP) is 4.96. The summed E-state index contributed by atoms with van der Waals surface area (Å²) in [5.41, 5.74) is 3.24. The van der Waals surface area contributed by atoms with E-state index >= 15 is 0 Å². The molecule has 0 atom stereocenters. The van der Waals surface area contributed by atoms with E-state index in [0.29, 0.717) is 29.2 Å². The molecule has 3 rings (SSSR count). The van der Waals surface area contributed by atoms with E-state index in [2.05, 4.69) is 16.0 Å². The lowest BCUT2D eigenvalue weighted by atomic mass is 10.1. The minimum atomic E-state index is -0.176. The fourth-order valence-electron chi connectivity index (χ4n) is 2.75. The van der Waals surface area contributed by atoms with E-state index in [0.717, 1.165) is 11.3 Å². The molecule has 0 spiro atoms. The van der Waals surface area contributed by atoms with Gasteiger partial charge in [-0.15, -0.1) is 0 Å². The van der Waals surface area contributed by atoms with Crippen LogP contribution < -0.4 is 16.0 Å². The number of aryl methyl sites for hydroxylation is 1. The lowest BCUT2D eigenvalue weighted by molar-refractivity contribution is -0.116. The molecule has 0 aliphatic rings. The second-order valence-corrected chi connectivity index (χ2v) is 6.96. The van der Waals surface area contributed by atoms with Crippen LogP contribution in [0.25, 0.3) is 0 Å². The summed E-state index contributed by atoms with van der Waals surface area (Å²) in [7, 11) is 0. The second-order valence-electron chi connectivity index (χ2n) is 6.52. The first kappa shape index (κ1) is 20.4. The first-order valence-corrected chi connectivity index (χ1v) is 9.69. The number of rotatable bonds is 8. The molecule has 0 unspecified atom stereocenters. The zero-order chi connectivity index (χ0) is 20.5. The van der Waals surface area contributed by atoms with Crippen molar-refractivity contribution in [1.82, 2.24) is 0 Å². The smallest absolute Gasteiger partial charge is 0.243 e. The molecule has 3 N–H and O–H groups in total. The van der Waals surface area contributed by atoms with Gasteiger partial charge in [-0.1, -0.05) is 48.0 Å². The highest BCUT2D eigenvalue weighted by Crippen LogP contribution is 2.16. The van der Waals surface area contributed by atoms with Gasteiger partial charge in [0.2, 0.25) is 11.8 Å². The molecule has 0 fully saturated rings. The van der Waals surface area contributed by atoms with Crippen molar-refractivity contribution in [1.29, 1.82) is 0 Å². The Kier molecular flexibility index (Phi) is 7.25. The van der Waals surface area contributed by atoms with Crippen LogP contribution in [0, 0.1) is 0 Å². The van der Waals surface area contributed by atoms with Crippen LogP contribution in [0.15, 0.2) is 78.9 Å². The van der Waals surface area contributed by atoms with Crippen LogP contribution in [-0.2, 0) is 16.0 Å². The number of amides is 2. The van der Waals surface area contributed by atoms with E-state index in [4.69, 9.17) is 11.6 Å². The molecule has 2 amide bonds. The number of benzene rings is 3. The van der Waals surface area contributed by atoms with Crippen molar-refractivity contribution in [2.75, 3.05) is 22.5 Å². The Bertz CT molecular complexity index is 959. The lowest BCUT2D eigenvalue weighted by Gasteiger charge is -2.10. The van der Waals surface area contributed by atoms with Crippen molar-refractivity contribution >= 4 is 40.5 Å². The Morgan fingerprint density at radius 3 is 2.17 bits per heavy atom. The third kappa shape index (κ3) is 6.97. The molecule has 0 bridgehead atoms. The summed E-state index contributed by atoms with van der Waals surface area (Å²) in [4.78, 5) is 24.3. The SMILES string of the molecule is O=C(CCc1ccccc1)Nc1cccc(NCC(=O)Nc2ccc(Cl)cc2)c1. The van der Waals surface area contributed by atoms with E-state index in [1.807, 2.05) is 48.5 Å². The molecule has 0 aromatic heterocycles. The van der Waals surface area contributed by atoms with Gasteiger partial charge < -0.3 is 16.0 Å². The quantitative estimate of drug-likeness (QED) is 0.494. The summed E-state index contributed by atoms with van der Waals surface area (Å²) >= 11 is 5.84. The van der Waals surface area contributed by atoms with E-state index in [9.17, 15) is 9.59 Å². The molecule has 0 aliphatic heterocycles. The van der Waals surface area contributed by atoms with Crippen molar-refractivity contribution in [3.8, 4) is 0 Å². The Labute approximate surface area is 175 Å². The largest absolute Gasteiger partial charge is 0.376 e. The minimum Gasteiger partial charge on any atom is -0.376 e. The average Bonchev–Trinajstić information content (AvgIpc) is 2.73. The number of halogens is 1. The molecule has 0 aliphatic carbocycles. The molecule has 3 aromatic carbocycles. The van der Waals surface area contributed by atoms with Crippen molar-refractivity contribution < 1.29 is 9.59 Å².